The number of aryl methyl sites for hydroxylation is 1. The molecule has 0 N–H and O–H groups in total. The standard InChI is InChI=1S/C21H23N3O4S2/c1-14-10-18(15(2)24(14)17-8-9-30(26,27)13-17)19(25)11-29-12-20-22-21(23-28-20)16-6-4-3-5-7-16/h3-7,10,17H,8-9,11-13H2,1-2H3. The molecular formula is C21H23N3O4S2. The second-order valence-electron chi connectivity index (χ2n) is 7.51. The minimum atomic E-state index is -2.98. The van der Waals surface area contributed by atoms with Crippen LogP contribution in [0.5, 0.6) is 0 Å². The predicted octanol–water partition coefficient (Wildman–Crippen LogP) is 3.63. The quantitative estimate of drug-likeness (QED) is 0.513. The highest BCUT2D eigenvalue weighted by molar-refractivity contribution is 7.99. The van der Waals surface area contributed by atoms with Gasteiger partial charge in [0.05, 0.1) is 23.0 Å². The third kappa shape index (κ3) is 4.37. The molecule has 158 valence electrons. The number of hydrogen-bond acceptors (Lipinski definition) is 7. The molecule has 30 heavy (non-hydrogen) atoms. The molecule has 4 rings (SSSR count). The smallest absolute Gasteiger partial charge is 0.236 e. The third-order valence-electron chi connectivity index (χ3n) is 5.32. The predicted molar refractivity (Wildman–Crippen MR) is 116 cm³/mol. The second kappa shape index (κ2) is 8.39. The molecule has 2 aromatic heterocycles. The summed E-state index contributed by atoms with van der Waals surface area (Å²) in [6, 6.07) is 11.4. The molecule has 1 unspecified atom stereocenters. The van der Waals surface area contributed by atoms with Gasteiger partial charge in [0, 0.05) is 28.6 Å². The Morgan fingerprint density at radius 1 is 1.27 bits per heavy atom. The van der Waals surface area contributed by atoms with E-state index in [0.717, 1.165) is 17.0 Å². The van der Waals surface area contributed by atoms with E-state index in [1.165, 1.54) is 11.8 Å². The Morgan fingerprint density at radius 3 is 2.73 bits per heavy atom. The Labute approximate surface area is 179 Å². The molecule has 9 heteroatoms. The minimum Gasteiger partial charge on any atom is -0.344 e. The maximum absolute atomic E-state index is 12.8. The first kappa shape index (κ1) is 20.9. The Kier molecular flexibility index (Phi) is 5.84. The van der Waals surface area contributed by atoms with Crippen LogP contribution in [-0.4, -0.2) is 46.2 Å². The molecule has 1 aliphatic rings. The first-order valence-electron chi connectivity index (χ1n) is 9.72. The van der Waals surface area contributed by atoms with Crippen molar-refractivity contribution >= 4 is 27.4 Å². The number of benzene rings is 1. The van der Waals surface area contributed by atoms with Gasteiger partial charge in [-0.25, -0.2) is 8.42 Å². The number of ketones is 1. The van der Waals surface area contributed by atoms with Gasteiger partial charge >= 0.3 is 0 Å². The summed E-state index contributed by atoms with van der Waals surface area (Å²) in [5, 5.41) is 3.99. The van der Waals surface area contributed by atoms with E-state index in [2.05, 4.69) is 10.1 Å². The zero-order valence-electron chi connectivity index (χ0n) is 16.9. The number of hydrogen-bond donors (Lipinski definition) is 0. The van der Waals surface area contributed by atoms with Gasteiger partial charge in [-0.3, -0.25) is 4.79 Å². The van der Waals surface area contributed by atoms with Crippen LogP contribution in [-0.2, 0) is 15.6 Å². The van der Waals surface area contributed by atoms with Gasteiger partial charge in [0.15, 0.2) is 15.6 Å². The maximum atomic E-state index is 12.8. The molecule has 1 fully saturated rings. The summed E-state index contributed by atoms with van der Waals surface area (Å²) in [5.41, 5.74) is 3.30. The molecule has 0 bridgehead atoms. The van der Waals surface area contributed by atoms with Gasteiger partial charge in [-0.2, -0.15) is 4.98 Å². The third-order valence-corrected chi connectivity index (χ3v) is 7.98. The van der Waals surface area contributed by atoms with E-state index >= 15 is 0 Å². The highest BCUT2D eigenvalue weighted by atomic mass is 32.2. The molecule has 1 aromatic carbocycles. The van der Waals surface area contributed by atoms with E-state index < -0.39 is 9.84 Å². The Hall–Kier alpha value is -2.39. The van der Waals surface area contributed by atoms with Crippen molar-refractivity contribution in [1.82, 2.24) is 14.7 Å². The van der Waals surface area contributed by atoms with Gasteiger partial charge in [0.25, 0.3) is 0 Å². The average molecular weight is 446 g/mol. The molecule has 3 aromatic rings. The molecule has 0 aliphatic carbocycles. The van der Waals surface area contributed by atoms with Crippen molar-refractivity contribution in [2.45, 2.75) is 32.1 Å². The summed E-state index contributed by atoms with van der Waals surface area (Å²) in [6.07, 6.45) is 0.599. The molecular weight excluding hydrogens is 422 g/mol. The van der Waals surface area contributed by atoms with Gasteiger partial charge < -0.3 is 9.09 Å². The lowest BCUT2D eigenvalue weighted by atomic mass is 10.2. The SMILES string of the molecule is Cc1cc(C(=O)CSCc2nc(-c3ccccc3)no2)c(C)n1C1CCS(=O)(=O)C1. The lowest BCUT2D eigenvalue weighted by molar-refractivity contribution is 0.102. The van der Waals surface area contributed by atoms with Crippen LogP contribution in [0, 0.1) is 13.8 Å². The molecule has 1 aliphatic heterocycles. The van der Waals surface area contributed by atoms with Crippen molar-refractivity contribution in [1.29, 1.82) is 0 Å². The van der Waals surface area contributed by atoms with E-state index in [4.69, 9.17) is 4.52 Å². The zero-order chi connectivity index (χ0) is 21.3. The number of Topliss-reactive ketones (excluding diaryl/α,β-unsaturated/α-hetero) is 1. The van der Waals surface area contributed by atoms with Gasteiger partial charge in [0.1, 0.15) is 0 Å². The number of thioether (sulfide) groups is 1. The summed E-state index contributed by atoms with van der Waals surface area (Å²) >= 11 is 1.42. The first-order valence-corrected chi connectivity index (χ1v) is 12.7. The lowest BCUT2D eigenvalue weighted by Crippen LogP contribution is -2.14. The van der Waals surface area contributed by atoms with Crippen molar-refractivity contribution in [3.05, 3.63) is 59.2 Å². The van der Waals surface area contributed by atoms with Crippen LogP contribution in [0.2, 0.25) is 0 Å². The highest BCUT2D eigenvalue weighted by Gasteiger charge is 2.31. The van der Waals surface area contributed by atoms with Crippen molar-refractivity contribution in [2.75, 3.05) is 17.3 Å². The molecule has 0 spiro atoms. The number of sulfone groups is 1. The molecule has 0 radical (unpaired) electrons. The topological polar surface area (TPSA) is 95.1 Å². The van der Waals surface area contributed by atoms with Crippen LogP contribution in [0.15, 0.2) is 40.9 Å². The summed E-state index contributed by atoms with van der Waals surface area (Å²) in [7, 11) is -2.98. The van der Waals surface area contributed by atoms with Crippen molar-refractivity contribution in [3.63, 3.8) is 0 Å². The van der Waals surface area contributed by atoms with Gasteiger partial charge in [-0.05, 0) is 26.3 Å². The summed E-state index contributed by atoms with van der Waals surface area (Å²) in [5.74, 6) is 2.13. The normalized spacial score (nSPS) is 18.0. The first-order chi connectivity index (χ1) is 14.3. The lowest BCUT2D eigenvalue weighted by Gasteiger charge is -2.16. The van der Waals surface area contributed by atoms with E-state index in [0.29, 0.717) is 29.5 Å². The van der Waals surface area contributed by atoms with Gasteiger partial charge in [-0.15, -0.1) is 11.8 Å². The maximum Gasteiger partial charge on any atom is 0.236 e. The van der Waals surface area contributed by atoms with Crippen LogP contribution in [0.1, 0.15) is 40.1 Å². The number of rotatable bonds is 7. The minimum absolute atomic E-state index is 0.0167. The van der Waals surface area contributed by atoms with Crippen LogP contribution in [0.4, 0.5) is 0 Å². The fraction of sp³-hybridized carbons (Fsp3) is 0.381. The van der Waals surface area contributed by atoms with Crippen LogP contribution in [0.3, 0.4) is 0 Å². The highest BCUT2D eigenvalue weighted by Crippen LogP contribution is 2.29. The molecule has 7 nitrogen and oxygen atoms in total. The fourth-order valence-electron chi connectivity index (χ4n) is 3.93. The zero-order valence-corrected chi connectivity index (χ0v) is 18.5. The number of carbonyl (C=O) groups is 1. The van der Waals surface area contributed by atoms with Crippen LogP contribution >= 0.6 is 11.8 Å². The van der Waals surface area contributed by atoms with E-state index in [-0.39, 0.29) is 29.1 Å². The Morgan fingerprint density at radius 2 is 2.03 bits per heavy atom. The molecule has 3 heterocycles. The van der Waals surface area contributed by atoms with E-state index in [1.807, 2.05) is 54.8 Å². The molecule has 1 atom stereocenters. The van der Waals surface area contributed by atoms with Crippen molar-refractivity contribution in [2.24, 2.45) is 0 Å². The van der Waals surface area contributed by atoms with Crippen molar-refractivity contribution < 1.29 is 17.7 Å². The Balaban J connectivity index is 1.38. The van der Waals surface area contributed by atoms with Crippen LogP contribution in [0.25, 0.3) is 11.4 Å². The van der Waals surface area contributed by atoms with Gasteiger partial charge in [0.2, 0.25) is 11.7 Å². The number of aromatic nitrogens is 3. The molecule has 1 saturated heterocycles. The summed E-state index contributed by atoms with van der Waals surface area (Å²) in [6.45, 7) is 3.81. The summed E-state index contributed by atoms with van der Waals surface area (Å²) < 4.78 is 31.0. The average Bonchev–Trinajstić information content (AvgIpc) is 3.40. The molecule has 0 saturated carbocycles. The Bertz CT molecular complexity index is 1170. The summed E-state index contributed by atoms with van der Waals surface area (Å²) in [4.78, 5) is 17.2. The van der Waals surface area contributed by atoms with Gasteiger partial charge in [-0.1, -0.05) is 35.5 Å². The fourth-order valence-corrected chi connectivity index (χ4v) is 6.36. The largest absolute Gasteiger partial charge is 0.344 e. The second-order valence-corrected chi connectivity index (χ2v) is 10.7. The van der Waals surface area contributed by atoms with Crippen LogP contribution < -0.4 is 0 Å². The monoisotopic (exact) mass is 445 g/mol. The van der Waals surface area contributed by atoms with E-state index in [9.17, 15) is 13.2 Å². The van der Waals surface area contributed by atoms with E-state index in [1.54, 1.807) is 0 Å². The molecule has 0 amide bonds. The number of nitrogens with zero attached hydrogens (tertiary/aromatic N) is 3. The van der Waals surface area contributed by atoms with Crippen molar-refractivity contribution in [3.8, 4) is 11.4 Å². The number of carbonyl (C=O) groups excluding carboxylic acids is 1.